The van der Waals surface area contributed by atoms with Crippen LogP contribution in [0.25, 0.3) is 0 Å². The van der Waals surface area contributed by atoms with Crippen LogP contribution in [0.5, 0.6) is 0 Å². The van der Waals surface area contributed by atoms with Gasteiger partial charge >= 0.3 is 5.97 Å². The average molecular weight is 234 g/mol. The van der Waals surface area contributed by atoms with Crippen molar-refractivity contribution in [2.75, 3.05) is 13.1 Å². The zero-order valence-electron chi connectivity index (χ0n) is 10.0. The van der Waals surface area contributed by atoms with Crippen LogP contribution in [0, 0.1) is 5.92 Å². The number of carbonyl (C=O) groups is 1. The first kappa shape index (κ1) is 12.0. The Morgan fingerprint density at radius 1 is 1.65 bits per heavy atom. The Kier molecular flexibility index (Phi) is 3.74. The Morgan fingerprint density at radius 2 is 2.47 bits per heavy atom. The number of carboxylic acid groups (broad SMARTS) is 1. The molecule has 1 N–H and O–H groups in total. The van der Waals surface area contributed by atoms with Gasteiger partial charge in [-0.15, -0.1) is 0 Å². The number of aromatic nitrogens is 1. The van der Waals surface area contributed by atoms with Crippen LogP contribution in [0.3, 0.4) is 0 Å². The lowest BCUT2D eigenvalue weighted by atomic mass is 10.1. The largest absolute Gasteiger partial charge is 0.481 e. The SMILES string of the molecule is CC(c1ccccn1)N1CCC(CC(=O)O)C1. The van der Waals surface area contributed by atoms with Crippen molar-refractivity contribution in [1.29, 1.82) is 0 Å². The molecule has 1 saturated heterocycles. The smallest absolute Gasteiger partial charge is 0.303 e. The molecule has 92 valence electrons. The maximum Gasteiger partial charge on any atom is 0.303 e. The van der Waals surface area contributed by atoms with Gasteiger partial charge in [0.25, 0.3) is 0 Å². The molecule has 0 saturated carbocycles. The molecular weight excluding hydrogens is 216 g/mol. The van der Waals surface area contributed by atoms with Crippen LogP contribution in [0.1, 0.15) is 31.5 Å². The Hall–Kier alpha value is -1.42. The Balaban J connectivity index is 1.94. The third-order valence-electron chi connectivity index (χ3n) is 3.44. The van der Waals surface area contributed by atoms with E-state index in [9.17, 15) is 4.79 Å². The first-order valence-electron chi connectivity index (χ1n) is 6.03. The summed E-state index contributed by atoms with van der Waals surface area (Å²) in [5.41, 5.74) is 1.06. The number of carboxylic acids is 1. The molecule has 0 spiro atoms. The van der Waals surface area contributed by atoms with Gasteiger partial charge in [-0.25, -0.2) is 0 Å². The standard InChI is InChI=1S/C13H18N2O2/c1-10(12-4-2-3-6-14-12)15-7-5-11(9-15)8-13(16)17/h2-4,6,10-11H,5,7-9H2,1H3,(H,16,17). The fourth-order valence-corrected chi connectivity index (χ4v) is 2.44. The van der Waals surface area contributed by atoms with Gasteiger partial charge in [0, 0.05) is 25.2 Å². The fourth-order valence-electron chi connectivity index (χ4n) is 2.44. The van der Waals surface area contributed by atoms with Gasteiger partial charge in [-0.2, -0.15) is 0 Å². The van der Waals surface area contributed by atoms with E-state index in [0.717, 1.165) is 25.2 Å². The van der Waals surface area contributed by atoms with Crippen molar-refractivity contribution in [3.05, 3.63) is 30.1 Å². The highest BCUT2D eigenvalue weighted by molar-refractivity contribution is 5.67. The normalized spacial score (nSPS) is 22.5. The lowest BCUT2D eigenvalue weighted by molar-refractivity contribution is -0.138. The van der Waals surface area contributed by atoms with Gasteiger partial charge in [-0.1, -0.05) is 6.07 Å². The van der Waals surface area contributed by atoms with Crippen LogP contribution >= 0.6 is 0 Å². The number of pyridine rings is 1. The predicted molar refractivity (Wildman–Crippen MR) is 64.6 cm³/mol. The van der Waals surface area contributed by atoms with Gasteiger partial charge in [0.1, 0.15) is 0 Å². The van der Waals surface area contributed by atoms with E-state index in [0.29, 0.717) is 5.92 Å². The van der Waals surface area contributed by atoms with E-state index in [4.69, 9.17) is 5.11 Å². The Morgan fingerprint density at radius 3 is 3.12 bits per heavy atom. The summed E-state index contributed by atoms with van der Waals surface area (Å²) in [6.07, 6.45) is 3.06. The third kappa shape index (κ3) is 3.03. The van der Waals surface area contributed by atoms with Gasteiger partial charge in [0.15, 0.2) is 0 Å². The second kappa shape index (κ2) is 5.27. The van der Waals surface area contributed by atoms with Crippen LogP contribution in [-0.4, -0.2) is 34.0 Å². The Bertz CT molecular complexity index is 380. The summed E-state index contributed by atoms with van der Waals surface area (Å²) in [6, 6.07) is 6.20. The maximum atomic E-state index is 10.7. The zero-order chi connectivity index (χ0) is 12.3. The summed E-state index contributed by atoms with van der Waals surface area (Å²) in [5.74, 6) is -0.402. The van der Waals surface area contributed by atoms with Gasteiger partial charge in [0.2, 0.25) is 0 Å². The molecule has 17 heavy (non-hydrogen) atoms. The molecule has 4 heteroatoms. The van der Waals surface area contributed by atoms with Gasteiger partial charge < -0.3 is 5.11 Å². The lowest BCUT2D eigenvalue weighted by Gasteiger charge is -2.23. The number of likely N-dealkylation sites (tertiary alicyclic amines) is 1. The Labute approximate surface area is 101 Å². The highest BCUT2D eigenvalue weighted by Crippen LogP contribution is 2.27. The molecule has 1 aromatic rings. The molecule has 2 rings (SSSR count). The van der Waals surface area contributed by atoms with Crippen LogP contribution < -0.4 is 0 Å². The molecule has 0 radical (unpaired) electrons. The number of hydrogen-bond donors (Lipinski definition) is 1. The summed E-state index contributed by atoms with van der Waals surface area (Å²) >= 11 is 0. The van der Waals surface area contributed by atoms with Crippen LogP contribution in [0.2, 0.25) is 0 Å². The van der Waals surface area contributed by atoms with E-state index in [1.165, 1.54) is 0 Å². The molecule has 1 aliphatic heterocycles. The van der Waals surface area contributed by atoms with E-state index < -0.39 is 5.97 Å². The molecule has 0 aliphatic carbocycles. The fraction of sp³-hybridized carbons (Fsp3) is 0.538. The minimum atomic E-state index is -0.692. The summed E-state index contributed by atoms with van der Waals surface area (Å²) < 4.78 is 0. The van der Waals surface area contributed by atoms with Crippen molar-refractivity contribution >= 4 is 5.97 Å². The summed E-state index contributed by atoms with van der Waals surface area (Å²) in [4.78, 5) is 17.3. The minimum absolute atomic E-state index is 0.273. The molecule has 0 bridgehead atoms. The quantitative estimate of drug-likeness (QED) is 0.865. The third-order valence-corrected chi connectivity index (χ3v) is 3.44. The van der Waals surface area contributed by atoms with E-state index in [1.54, 1.807) is 6.20 Å². The molecule has 2 unspecified atom stereocenters. The topological polar surface area (TPSA) is 53.4 Å². The van der Waals surface area contributed by atoms with Gasteiger partial charge in [-0.05, 0) is 37.9 Å². The van der Waals surface area contributed by atoms with Crippen LogP contribution in [0.4, 0.5) is 0 Å². The molecule has 0 aromatic carbocycles. The van der Waals surface area contributed by atoms with Crippen LogP contribution in [0.15, 0.2) is 24.4 Å². The predicted octanol–water partition coefficient (Wildman–Crippen LogP) is 1.94. The molecule has 0 amide bonds. The van der Waals surface area contributed by atoms with Crippen molar-refractivity contribution < 1.29 is 9.90 Å². The molecule has 1 fully saturated rings. The van der Waals surface area contributed by atoms with E-state index in [1.807, 2.05) is 18.2 Å². The molecule has 2 atom stereocenters. The molecule has 1 aliphatic rings. The first-order chi connectivity index (χ1) is 8.16. The van der Waals surface area contributed by atoms with Gasteiger partial charge in [0.05, 0.1) is 5.69 Å². The van der Waals surface area contributed by atoms with Gasteiger partial charge in [-0.3, -0.25) is 14.7 Å². The van der Waals surface area contributed by atoms with E-state index in [-0.39, 0.29) is 12.5 Å². The monoisotopic (exact) mass is 234 g/mol. The zero-order valence-corrected chi connectivity index (χ0v) is 10.0. The summed E-state index contributed by atoms with van der Waals surface area (Å²) in [5, 5.41) is 8.78. The van der Waals surface area contributed by atoms with Crippen molar-refractivity contribution in [3.63, 3.8) is 0 Å². The second-order valence-corrected chi connectivity index (χ2v) is 4.68. The lowest BCUT2D eigenvalue weighted by Crippen LogP contribution is -2.25. The number of hydrogen-bond acceptors (Lipinski definition) is 3. The number of nitrogens with zero attached hydrogens (tertiary/aromatic N) is 2. The highest BCUT2D eigenvalue weighted by atomic mass is 16.4. The maximum absolute atomic E-state index is 10.7. The highest BCUT2D eigenvalue weighted by Gasteiger charge is 2.28. The van der Waals surface area contributed by atoms with E-state index in [2.05, 4.69) is 16.8 Å². The first-order valence-corrected chi connectivity index (χ1v) is 6.03. The summed E-state index contributed by atoms with van der Waals surface area (Å²) in [7, 11) is 0. The minimum Gasteiger partial charge on any atom is -0.481 e. The molecule has 4 nitrogen and oxygen atoms in total. The van der Waals surface area contributed by atoms with Crippen LogP contribution in [-0.2, 0) is 4.79 Å². The van der Waals surface area contributed by atoms with E-state index >= 15 is 0 Å². The van der Waals surface area contributed by atoms with Crippen molar-refractivity contribution in [2.45, 2.75) is 25.8 Å². The molecule has 2 heterocycles. The van der Waals surface area contributed by atoms with Crippen molar-refractivity contribution in [2.24, 2.45) is 5.92 Å². The number of rotatable bonds is 4. The number of aliphatic carboxylic acids is 1. The second-order valence-electron chi connectivity index (χ2n) is 4.68. The van der Waals surface area contributed by atoms with Crippen molar-refractivity contribution in [3.8, 4) is 0 Å². The van der Waals surface area contributed by atoms with Crippen molar-refractivity contribution in [1.82, 2.24) is 9.88 Å². The molecular formula is C13H18N2O2. The molecule has 1 aromatic heterocycles. The summed E-state index contributed by atoms with van der Waals surface area (Å²) in [6.45, 7) is 3.96. The average Bonchev–Trinajstić information content (AvgIpc) is 2.77.